The van der Waals surface area contributed by atoms with Crippen molar-refractivity contribution in [2.75, 3.05) is 0 Å². The second-order valence-electron chi connectivity index (χ2n) is 8.67. The lowest BCUT2D eigenvalue weighted by molar-refractivity contribution is 0.0695. The molecule has 8 heteroatoms. The molecule has 0 amide bonds. The third kappa shape index (κ3) is 4.11. The van der Waals surface area contributed by atoms with Crippen molar-refractivity contribution in [2.45, 2.75) is 38.2 Å². The highest BCUT2D eigenvalue weighted by molar-refractivity contribution is 5.89. The van der Waals surface area contributed by atoms with Crippen molar-refractivity contribution < 1.29 is 14.6 Å². The zero-order valence-electron chi connectivity index (χ0n) is 18.7. The number of carboxylic acid groups (broad SMARTS) is 1. The number of hydrogen-bond acceptors (Lipinski definition) is 5. The van der Waals surface area contributed by atoms with E-state index in [-0.39, 0.29) is 23.5 Å². The Morgan fingerprint density at radius 1 is 1.12 bits per heavy atom. The molecule has 0 aliphatic heterocycles. The number of hydrogen-bond donors (Lipinski definition) is 1. The number of ether oxygens (including phenoxy) is 1. The van der Waals surface area contributed by atoms with Crippen LogP contribution in [0.4, 0.5) is 0 Å². The number of nitrogens with zero attached hydrogens (tertiary/aromatic N) is 5. The standard InChI is InChI=1S/C25H25N5O3/c1-15(2)33-19-9-5-7-17(11-19)16-6-4-8-18(10-16)30-24(22(13-26-30)25(31)32)21-12-20(21)23-14-29(3)28-27-23/h4-11,13-15,20-21H,12H2,1-3H3,(H,31,32). The van der Waals surface area contributed by atoms with E-state index in [9.17, 15) is 9.90 Å². The molecule has 5 rings (SSSR count). The van der Waals surface area contributed by atoms with E-state index in [1.54, 1.807) is 9.36 Å². The fraction of sp³-hybridized carbons (Fsp3) is 0.280. The van der Waals surface area contributed by atoms with Gasteiger partial charge in [0.1, 0.15) is 11.3 Å². The van der Waals surface area contributed by atoms with E-state index in [0.29, 0.717) is 5.69 Å². The van der Waals surface area contributed by atoms with Gasteiger partial charge in [0.2, 0.25) is 0 Å². The van der Waals surface area contributed by atoms with Crippen LogP contribution >= 0.6 is 0 Å². The number of aryl methyl sites for hydroxylation is 1. The fourth-order valence-electron chi connectivity index (χ4n) is 4.28. The van der Waals surface area contributed by atoms with E-state index >= 15 is 0 Å². The number of carboxylic acids is 1. The molecule has 0 saturated heterocycles. The molecular weight excluding hydrogens is 418 g/mol. The first-order valence-electron chi connectivity index (χ1n) is 11.0. The lowest BCUT2D eigenvalue weighted by atomic mass is 10.0. The van der Waals surface area contributed by atoms with Gasteiger partial charge in [-0.2, -0.15) is 5.10 Å². The van der Waals surface area contributed by atoms with Gasteiger partial charge in [-0.15, -0.1) is 5.10 Å². The van der Waals surface area contributed by atoms with Crippen molar-refractivity contribution in [3.8, 4) is 22.6 Å². The molecule has 0 radical (unpaired) electrons. The normalized spacial score (nSPS) is 17.3. The molecule has 2 aromatic carbocycles. The molecule has 8 nitrogen and oxygen atoms in total. The minimum atomic E-state index is -0.976. The van der Waals surface area contributed by atoms with Crippen LogP contribution in [-0.2, 0) is 7.05 Å². The summed E-state index contributed by atoms with van der Waals surface area (Å²) in [6, 6.07) is 15.9. The van der Waals surface area contributed by atoms with Gasteiger partial charge in [-0.25, -0.2) is 9.48 Å². The first-order valence-corrected chi connectivity index (χ1v) is 11.0. The topological polar surface area (TPSA) is 95.1 Å². The summed E-state index contributed by atoms with van der Waals surface area (Å²) in [5.41, 5.74) is 4.64. The van der Waals surface area contributed by atoms with Gasteiger partial charge in [-0.3, -0.25) is 4.68 Å². The maximum absolute atomic E-state index is 12.0. The SMILES string of the molecule is CC(C)Oc1cccc(-c2cccc(-n3ncc(C(=O)O)c3C3CC3c3cn(C)nn3)c2)c1. The van der Waals surface area contributed by atoms with E-state index in [4.69, 9.17) is 4.74 Å². The largest absolute Gasteiger partial charge is 0.491 e. The zero-order chi connectivity index (χ0) is 23.1. The zero-order valence-corrected chi connectivity index (χ0v) is 18.7. The molecule has 33 heavy (non-hydrogen) atoms. The van der Waals surface area contributed by atoms with Crippen LogP contribution in [0.5, 0.6) is 5.75 Å². The number of aromatic carboxylic acids is 1. The van der Waals surface area contributed by atoms with E-state index in [0.717, 1.165) is 34.7 Å². The lowest BCUT2D eigenvalue weighted by Crippen LogP contribution is -2.07. The molecule has 1 N–H and O–H groups in total. The third-order valence-corrected chi connectivity index (χ3v) is 5.81. The first kappa shape index (κ1) is 20.9. The molecule has 2 atom stereocenters. The predicted octanol–water partition coefficient (Wildman–Crippen LogP) is 4.42. The molecule has 168 valence electrons. The van der Waals surface area contributed by atoms with Gasteiger partial charge in [0.15, 0.2) is 0 Å². The smallest absolute Gasteiger partial charge is 0.339 e. The third-order valence-electron chi connectivity index (χ3n) is 5.81. The summed E-state index contributed by atoms with van der Waals surface area (Å²) in [6.45, 7) is 4.00. The van der Waals surface area contributed by atoms with Crippen LogP contribution in [0.1, 0.15) is 53.8 Å². The van der Waals surface area contributed by atoms with Crippen molar-refractivity contribution in [1.82, 2.24) is 24.8 Å². The Morgan fingerprint density at radius 2 is 1.88 bits per heavy atom. The minimum absolute atomic E-state index is 0.0294. The number of aromatic nitrogens is 5. The van der Waals surface area contributed by atoms with Crippen LogP contribution in [-0.4, -0.2) is 42.0 Å². The van der Waals surface area contributed by atoms with Gasteiger partial charge in [0.05, 0.1) is 29.4 Å². The average molecular weight is 444 g/mol. The van der Waals surface area contributed by atoms with Gasteiger partial charge in [-0.05, 0) is 55.7 Å². The minimum Gasteiger partial charge on any atom is -0.491 e. The molecule has 2 heterocycles. The summed E-state index contributed by atoms with van der Waals surface area (Å²) < 4.78 is 9.26. The fourth-order valence-corrected chi connectivity index (χ4v) is 4.28. The van der Waals surface area contributed by atoms with Crippen molar-refractivity contribution >= 4 is 5.97 Å². The van der Waals surface area contributed by atoms with Crippen LogP contribution in [0.25, 0.3) is 16.8 Å². The monoisotopic (exact) mass is 443 g/mol. The van der Waals surface area contributed by atoms with Gasteiger partial charge in [0.25, 0.3) is 0 Å². The van der Waals surface area contributed by atoms with Gasteiger partial charge >= 0.3 is 5.97 Å². The van der Waals surface area contributed by atoms with Gasteiger partial charge in [0, 0.05) is 25.1 Å². The molecule has 1 fully saturated rings. The second kappa shape index (κ2) is 8.20. The summed E-state index contributed by atoms with van der Waals surface area (Å²) in [5.74, 6) is 0.00314. The van der Waals surface area contributed by atoms with Crippen molar-refractivity contribution in [3.05, 3.63) is 77.9 Å². The van der Waals surface area contributed by atoms with Gasteiger partial charge < -0.3 is 9.84 Å². The summed E-state index contributed by atoms with van der Waals surface area (Å²) in [6.07, 6.45) is 4.24. The maximum Gasteiger partial charge on any atom is 0.339 e. The molecule has 1 aliphatic rings. The van der Waals surface area contributed by atoms with Crippen LogP contribution in [0.2, 0.25) is 0 Å². The van der Waals surface area contributed by atoms with E-state index in [1.165, 1.54) is 6.20 Å². The molecule has 2 unspecified atom stereocenters. The molecule has 1 aliphatic carbocycles. The number of benzene rings is 2. The highest BCUT2D eigenvalue weighted by Gasteiger charge is 2.46. The Balaban J connectivity index is 1.51. The Bertz CT molecular complexity index is 1320. The Hall–Kier alpha value is -3.94. The highest BCUT2D eigenvalue weighted by Crippen LogP contribution is 2.55. The highest BCUT2D eigenvalue weighted by atomic mass is 16.5. The first-order chi connectivity index (χ1) is 15.9. The van der Waals surface area contributed by atoms with E-state index in [1.807, 2.05) is 75.6 Å². The lowest BCUT2D eigenvalue weighted by Gasteiger charge is -2.13. The Labute approximate surface area is 191 Å². The van der Waals surface area contributed by atoms with E-state index < -0.39 is 5.97 Å². The van der Waals surface area contributed by atoms with Crippen LogP contribution in [0.3, 0.4) is 0 Å². The van der Waals surface area contributed by atoms with Crippen LogP contribution in [0, 0.1) is 0 Å². The Morgan fingerprint density at radius 3 is 2.58 bits per heavy atom. The van der Waals surface area contributed by atoms with Gasteiger partial charge in [-0.1, -0.05) is 29.5 Å². The van der Waals surface area contributed by atoms with Crippen LogP contribution < -0.4 is 4.74 Å². The average Bonchev–Trinajstić information content (AvgIpc) is 3.23. The summed E-state index contributed by atoms with van der Waals surface area (Å²) in [5, 5.41) is 22.5. The molecule has 4 aromatic rings. The van der Waals surface area contributed by atoms with Crippen LogP contribution in [0.15, 0.2) is 60.9 Å². The van der Waals surface area contributed by atoms with Crippen molar-refractivity contribution in [1.29, 1.82) is 0 Å². The molecule has 0 bridgehead atoms. The Kier molecular flexibility index (Phi) is 5.20. The molecule has 1 saturated carbocycles. The molecule has 0 spiro atoms. The summed E-state index contributed by atoms with van der Waals surface area (Å²) >= 11 is 0. The van der Waals surface area contributed by atoms with Crippen molar-refractivity contribution in [2.24, 2.45) is 7.05 Å². The predicted molar refractivity (Wildman–Crippen MR) is 123 cm³/mol. The quantitative estimate of drug-likeness (QED) is 0.454. The number of rotatable bonds is 7. The molecular formula is C25H25N5O3. The number of carbonyl (C=O) groups is 1. The maximum atomic E-state index is 12.0. The van der Waals surface area contributed by atoms with Crippen molar-refractivity contribution in [3.63, 3.8) is 0 Å². The van der Waals surface area contributed by atoms with E-state index in [2.05, 4.69) is 15.4 Å². The summed E-state index contributed by atoms with van der Waals surface area (Å²) in [4.78, 5) is 12.0. The molecule has 2 aromatic heterocycles. The second-order valence-corrected chi connectivity index (χ2v) is 8.67. The summed E-state index contributed by atoms with van der Waals surface area (Å²) in [7, 11) is 1.83.